The Labute approximate surface area is 142 Å². The van der Waals surface area contributed by atoms with E-state index >= 15 is 0 Å². The molecule has 0 aliphatic carbocycles. The first-order chi connectivity index (χ1) is 11.6. The normalized spacial score (nSPS) is 10.1. The van der Waals surface area contributed by atoms with Crippen molar-refractivity contribution < 1.29 is 9.59 Å². The van der Waals surface area contributed by atoms with Crippen LogP contribution in [-0.2, 0) is 9.59 Å². The van der Waals surface area contributed by atoms with Gasteiger partial charge < -0.3 is 15.5 Å². The van der Waals surface area contributed by atoms with Gasteiger partial charge in [-0.05, 0) is 50.2 Å². The van der Waals surface area contributed by atoms with E-state index in [1.165, 1.54) is 0 Å². The monoisotopic (exact) mass is 325 g/mol. The molecule has 0 aliphatic rings. The molecule has 0 saturated heterocycles. The Morgan fingerprint density at radius 1 is 0.792 bits per heavy atom. The first-order valence-corrected chi connectivity index (χ1v) is 8.12. The summed E-state index contributed by atoms with van der Waals surface area (Å²) in [6.45, 7) is 6.07. The van der Waals surface area contributed by atoms with E-state index in [2.05, 4.69) is 29.4 Å². The maximum atomic E-state index is 12.0. The summed E-state index contributed by atoms with van der Waals surface area (Å²) in [5.74, 6) is -0.669. The van der Waals surface area contributed by atoms with Crippen molar-refractivity contribution in [1.29, 1.82) is 0 Å². The molecule has 2 N–H and O–H groups in total. The fraction of sp³-hybridized carbons (Fsp3) is 0.263. The van der Waals surface area contributed by atoms with Gasteiger partial charge in [-0.15, -0.1) is 0 Å². The number of anilines is 3. The molecule has 0 aromatic heterocycles. The molecule has 2 aromatic rings. The molecular formula is C19H23N3O2. The Hall–Kier alpha value is -2.82. The maximum absolute atomic E-state index is 12.0. The number of nitrogens with zero attached hydrogens (tertiary/aromatic N) is 1. The average Bonchev–Trinajstić information content (AvgIpc) is 2.58. The lowest BCUT2D eigenvalue weighted by Gasteiger charge is -2.21. The van der Waals surface area contributed by atoms with E-state index in [9.17, 15) is 9.59 Å². The minimum atomic E-state index is -0.335. The van der Waals surface area contributed by atoms with Gasteiger partial charge in [0.25, 0.3) is 0 Å². The number of benzene rings is 2. The van der Waals surface area contributed by atoms with E-state index in [4.69, 9.17) is 0 Å². The number of hydrogen-bond acceptors (Lipinski definition) is 3. The molecule has 0 aliphatic heterocycles. The lowest BCUT2D eigenvalue weighted by molar-refractivity contribution is -0.123. The van der Waals surface area contributed by atoms with Crippen LogP contribution in [0, 0.1) is 0 Å². The third-order valence-corrected chi connectivity index (χ3v) is 3.66. The molecule has 0 unspecified atom stereocenters. The number of hydrogen-bond donors (Lipinski definition) is 2. The molecule has 2 rings (SSSR count). The summed E-state index contributed by atoms with van der Waals surface area (Å²) < 4.78 is 0. The van der Waals surface area contributed by atoms with Gasteiger partial charge in [-0.25, -0.2) is 0 Å². The summed E-state index contributed by atoms with van der Waals surface area (Å²) in [4.78, 5) is 26.0. The zero-order chi connectivity index (χ0) is 17.4. The van der Waals surface area contributed by atoms with Gasteiger partial charge in [0.15, 0.2) is 0 Å². The summed E-state index contributed by atoms with van der Waals surface area (Å²) in [6, 6.07) is 16.7. The second kappa shape index (κ2) is 8.72. The number of carbonyl (C=O) groups is 2. The second-order valence-corrected chi connectivity index (χ2v) is 5.36. The van der Waals surface area contributed by atoms with Crippen molar-refractivity contribution in [2.45, 2.75) is 20.3 Å². The Bertz CT molecular complexity index is 665. The van der Waals surface area contributed by atoms with Gasteiger partial charge in [0.1, 0.15) is 6.42 Å². The number of para-hydroxylation sites is 1. The molecule has 0 heterocycles. The highest BCUT2D eigenvalue weighted by Crippen LogP contribution is 2.17. The molecule has 2 amide bonds. The quantitative estimate of drug-likeness (QED) is 0.766. The molecule has 0 saturated carbocycles. The fourth-order valence-corrected chi connectivity index (χ4v) is 2.42. The summed E-state index contributed by atoms with van der Waals surface area (Å²) >= 11 is 0. The highest BCUT2D eigenvalue weighted by atomic mass is 16.2. The van der Waals surface area contributed by atoms with E-state index in [1.807, 2.05) is 42.5 Å². The molecule has 0 fully saturated rings. The smallest absolute Gasteiger partial charge is 0.233 e. The summed E-state index contributed by atoms with van der Waals surface area (Å²) in [7, 11) is 0. The lowest BCUT2D eigenvalue weighted by atomic mass is 10.2. The summed E-state index contributed by atoms with van der Waals surface area (Å²) in [5.41, 5.74) is 2.47. The van der Waals surface area contributed by atoms with E-state index in [0.29, 0.717) is 11.4 Å². The fourth-order valence-electron chi connectivity index (χ4n) is 2.42. The zero-order valence-electron chi connectivity index (χ0n) is 14.1. The van der Waals surface area contributed by atoms with Crippen molar-refractivity contribution >= 4 is 28.9 Å². The molecule has 5 nitrogen and oxygen atoms in total. The first-order valence-electron chi connectivity index (χ1n) is 8.12. The molecule has 24 heavy (non-hydrogen) atoms. The van der Waals surface area contributed by atoms with Crippen LogP contribution < -0.4 is 15.5 Å². The predicted octanol–water partition coefficient (Wildman–Crippen LogP) is 3.50. The van der Waals surface area contributed by atoms with Gasteiger partial charge in [0.2, 0.25) is 11.8 Å². The molecule has 0 bridgehead atoms. The van der Waals surface area contributed by atoms with Crippen LogP contribution in [0.4, 0.5) is 17.1 Å². The van der Waals surface area contributed by atoms with Gasteiger partial charge in [0, 0.05) is 30.2 Å². The third kappa shape index (κ3) is 5.12. The molecule has 5 heteroatoms. The highest BCUT2D eigenvalue weighted by molar-refractivity contribution is 6.08. The minimum absolute atomic E-state index is 0.216. The van der Waals surface area contributed by atoms with E-state index in [1.54, 1.807) is 12.1 Å². The lowest BCUT2D eigenvalue weighted by Crippen LogP contribution is -2.22. The van der Waals surface area contributed by atoms with Crippen molar-refractivity contribution in [3.8, 4) is 0 Å². The van der Waals surface area contributed by atoms with Crippen molar-refractivity contribution in [3.63, 3.8) is 0 Å². The van der Waals surface area contributed by atoms with E-state index in [0.717, 1.165) is 18.8 Å². The molecule has 2 aromatic carbocycles. The van der Waals surface area contributed by atoms with Crippen molar-refractivity contribution in [1.82, 2.24) is 0 Å². The van der Waals surface area contributed by atoms with Crippen molar-refractivity contribution in [3.05, 3.63) is 54.6 Å². The van der Waals surface area contributed by atoms with Gasteiger partial charge in [-0.1, -0.05) is 18.2 Å². The first kappa shape index (κ1) is 17.5. The van der Waals surface area contributed by atoms with Crippen LogP contribution >= 0.6 is 0 Å². The van der Waals surface area contributed by atoms with Crippen LogP contribution in [-0.4, -0.2) is 24.9 Å². The zero-order valence-corrected chi connectivity index (χ0v) is 14.1. The van der Waals surface area contributed by atoms with Crippen LogP contribution in [0.1, 0.15) is 20.3 Å². The number of rotatable bonds is 7. The molecule has 0 atom stereocenters. The van der Waals surface area contributed by atoms with Gasteiger partial charge in [-0.3, -0.25) is 9.59 Å². The van der Waals surface area contributed by atoms with Crippen LogP contribution in [0.15, 0.2) is 54.6 Å². The van der Waals surface area contributed by atoms with E-state index < -0.39 is 0 Å². The Balaban J connectivity index is 1.86. The van der Waals surface area contributed by atoms with Crippen molar-refractivity contribution in [2.24, 2.45) is 0 Å². The van der Waals surface area contributed by atoms with Gasteiger partial charge in [0.05, 0.1) is 0 Å². The number of nitrogens with one attached hydrogen (secondary N) is 2. The van der Waals surface area contributed by atoms with E-state index in [-0.39, 0.29) is 18.2 Å². The second-order valence-electron chi connectivity index (χ2n) is 5.36. The number of carbonyl (C=O) groups excluding carboxylic acids is 2. The molecule has 0 spiro atoms. The SMILES string of the molecule is CCN(CC)c1ccc(NC(=O)CC(=O)Nc2ccccc2)cc1. The maximum Gasteiger partial charge on any atom is 0.233 e. The van der Waals surface area contributed by atoms with Crippen LogP contribution in [0.3, 0.4) is 0 Å². The standard InChI is InChI=1S/C19H23N3O2/c1-3-22(4-2)17-12-10-16(11-13-17)21-19(24)14-18(23)20-15-8-6-5-7-9-15/h5-13H,3-4,14H2,1-2H3,(H,20,23)(H,21,24). The molecule has 126 valence electrons. The summed E-state index contributed by atoms with van der Waals surface area (Å²) in [6.07, 6.45) is -0.216. The van der Waals surface area contributed by atoms with Crippen LogP contribution in [0.2, 0.25) is 0 Å². The Kier molecular flexibility index (Phi) is 6.37. The minimum Gasteiger partial charge on any atom is -0.372 e. The largest absolute Gasteiger partial charge is 0.372 e. The topological polar surface area (TPSA) is 61.4 Å². The Morgan fingerprint density at radius 2 is 1.29 bits per heavy atom. The molecule has 0 radical (unpaired) electrons. The average molecular weight is 325 g/mol. The van der Waals surface area contributed by atoms with Gasteiger partial charge in [-0.2, -0.15) is 0 Å². The van der Waals surface area contributed by atoms with Crippen molar-refractivity contribution in [2.75, 3.05) is 28.6 Å². The highest BCUT2D eigenvalue weighted by Gasteiger charge is 2.10. The van der Waals surface area contributed by atoms with Crippen LogP contribution in [0.5, 0.6) is 0 Å². The van der Waals surface area contributed by atoms with Crippen LogP contribution in [0.25, 0.3) is 0 Å². The predicted molar refractivity (Wildman–Crippen MR) is 98.3 cm³/mol. The third-order valence-electron chi connectivity index (χ3n) is 3.66. The van der Waals surface area contributed by atoms with Gasteiger partial charge >= 0.3 is 0 Å². The Morgan fingerprint density at radius 3 is 1.79 bits per heavy atom. The molecular weight excluding hydrogens is 302 g/mol. The number of amides is 2. The summed E-state index contributed by atoms with van der Waals surface area (Å²) in [5, 5.41) is 5.43.